The Bertz CT molecular complexity index is 914. The molecule has 0 spiro atoms. The van der Waals surface area contributed by atoms with E-state index in [1.807, 2.05) is 36.4 Å². The van der Waals surface area contributed by atoms with E-state index in [1.165, 1.54) is 11.3 Å². The first kappa shape index (κ1) is 17.5. The van der Waals surface area contributed by atoms with Crippen molar-refractivity contribution in [1.29, 1.82) is 0 Å². The lowest BCUT2D eigenvalue weighted by Crippen LogP contribution is -2.25. The lowest BCUT2D eigenvalue weighted by Gasteiger charge is -2.08. The van der Waals surface area contributed by atoms with E-state index in [4.69, 9.17) is 5.73 Å². The van der Waals surface area contributed by atoms with Crippen molar-refractivity contribution in [3.05, 3.63) is 54.8 Å². The fourth-order valence-corrected chi connectivity index (χ4v) is 5.34. The lowest BCUT2D eigenvalue weighted by molar-refractivity contribution is -0.111. The molecule has 0 saturated heterocycles. The standard InChI is InChI=1S/C15H9Br3N4OS/c16-7-5-8(17)12(9(18)6-7)21-22-13(14(19)23)15-20-10-3-1-2-4-11(10)24-15/h1-6,21H,(H2,19,23)/b22-13+. The van der Waals surface area contributed by atoms with Crippen molar-refractivity contribution in [2.45, 2.75) is 0 Å². The summed E-state index contributed by atoms with van der Waals surface area (Å²) in [5.74, 6) is -0.647. The third-order valence-electron chi connectivity index (χ3n) is 3.02. The zero-order chi connectivity index (χ0) is 17.3. The largest absolute Gasteiger partial charge is 0.364 e. The fourth-order valence-electron chi connectivity index (χ4n) is 1.94. The zero-order valence-corrected chi connectivity index (χ0v) is 17.5. The van der Waals surface area contributed by atoms with Gasteiger partial charge in [0, 0.05) is 13.4 Å². The van der Waals surface area contributed by atoms with Crippen molar-refractivity contribution in [1.82, 2.24) is 4.98 Å². The molecule has 2 aromatic carbocycles. The summed E-state index contributed by atoms with van der Waals surface area (Å²) in [7, 11) is 0. The Labute approximate surface area is 166 Å². The van der Waals surface area contributed by atoms with E-state index in [0.717, 1.165) is 23.6 Å². The summed E-state index contributed by atoms with van der Waals surface area (Å²) in [5.41, 5.74) is 9.92. The van der Waals surface area contributed by atoms with Crippen molar-refractivity contribution in [3.63, 3.8) is 0 Å². The number of aromatic nitrogens is 1. The number of halogens is 3. The lowest BCUT2D eigenvalue weighted by atomic mass is 10.3. The van der Waals surface area contributed by atoms with Gasteiger partial charge in [-0.15, -0.1) is 11.3 Å². The molecule has 9 heteroatoms. The third kappa shape index (κ3) is 3.69. The van der Waals surface area contributed by atoms with E-state index in [-0.39, 0.29) is 5.71 Å². The first-order valence-electron chi connectivity index (χ1n) is 6.59. The van der Waals surface area contributed by atoms with E-state index in [9.17, 15) is 4.79 Å². The molecule has 1 heterocycles. The van der Waals surface area contributed by atoms with E-state index < -0.39 is 5.91 Å². The number of nitrogens with zero attached hydrogens (tertiary/aromatic N) is 2. The monoisotopic (exact) mass is 530 g/mol. The summed E-state index contributed by atoms with van der Waals surface area (Å²) < 4.78 is 3.42. The van der Waals surface area contributed by atoms with Crippen LogP contribution < -0.4 is 11.2 Å². The van der Waals surface area contributed by atoms with Crippen molar-refractivity contribution < 1.29 is 4.79 Å². The van der Waals surface area contributed by atoms with Gasteiger partial charge in [-0.2, -0.15) is 5.10 Å². The van der Waals surface area contributed by atoms with Gasteiger partial charge in [0.05, 0.1) is 15.9 Å². The maximum Gasteiger partial charge on any atom is 0.272 e. The number of carbonyl (C=O) groups is 1. The Hall–Kier alpha value is -1.29. The highest BCUT2D eigenvalue weighted by molar-refractivity contribution is 9.11. The number of nitrogens with one attached hydrogen (secondary N) is 1. The van der Waals surface area contributed by atoms with Gasteiger partial charge in [-0.25, -0.2) is 4.98 Å². The number of carbonyl (C=O) groups excluding carboxylic acids is 1. The molecule has 3 N–H and O–H groups in total. The van der Waals surface area contributed by atoms with Crippen LogP contribution in [0.4, 0.5) is 5.69 Å². The smallest absolute Gasteiger partial charge is 0.272 e. The Morgan fingerprint density at radius 1 is 1.17 bits per heavy atom. The SMILES string of the molecule is NC(=O)/C(=N\Nc1c(Br)cc(Br)cc1Br)c1nc2ccccc2s1. The van der Waals surface area contributed by atoms with Crippen molar-refractivity contribution in [2.24, 2.45) is 10.8 Å². The minimum atomic E-state index is -0.647. The van der Waals surface area contributed by atoms with Crippen LogP contribution in [-0.2, 0) is 4.79 Å². The molecule has 0 bridgehead atoms. The molecule has 5 nitrogen and oxygen atoms in total. The Morgan fingerprint density at radius 3 is 2.46 bits per heavy atom. The second-order valence-corrected chi connectivity index (χ2v) is 8.32. The number of nitrogens with two attached hydrogens (primary N) is 1. The van der Waals surface area contributed by atoms with Crippen LogP contribution in [0.1, 0.15) is 5.01 Å². The second-order valence-electron chi connectivity index (χ2n) is 4.67. The molecular weight excluding hydrogens is 524 g/mol. The summed E-state index contributed by atoms with van der Waals surface area (Å²) in [4.78, 5) is 16.2. The molecule has 0 fully saturated rings. The fraction of sp³-hybridized carbons (Fsp3) is 0. The van der Waals surface area contributed by atoms with E-state index in [1.54, 1.807) is 0 Å². The van der Waals surface area contributed by atoms with Gasteiger partial charge >= 0.3 is 0 Å². The van der Waals surface area contributed by atoms with Gasteiger partial charge in [-0.05, 0) is 56.1 Å². The van der Waals surface area contributed by atoms with E-state index in [2.05, 4.69) is 63.3 Å². The van der Waals surface area contributed by atoms with Crippen LogP contribution >= 0.6 is 59.1 Å². The van der Waals surface area contributed by atoms with Crippen molar-refractivity contribution >= 4 is 86.6 Å². The van der Waals surface area contributed by atoms with Gasteiger partial charge < -0.3 is 5.73 Å². The number of thiazole rings is 1. The van der Waals surface area contributed by atoms with Gasteiger partial charge in [0.15, 0.2) is 10.7 Å². The Kier molecular flexibility index (Phi) is 5.33. The number of hydrogen-bond acceptors (Lipinski definition) is 5. The number of benzene rings is 2. The number of hydrogen-bond donors (Lipinski definition) is 2. The minimum absolute atomic E-state index is 0.0814. The van der Waals surface area contributed by atoms with Crippen molar-refractivity contribution in [3.8, 4) is 0 Å². The number of anilines is 1. The normalized spacial score (nSPS) is 11.7. The number of fused-ring (bicyclic) bond motifs is 1. The van der Waals surface area contributed by atoms with Gasteiger partial charge in [-0.1, -0.05) is 28.1 Å². The average Bonchev–Trinajstić information content (AvgIpc) is 2.92. The van der Waals surface area contributed by atoms with E-state index in [0.29, 0.717) is 10.7 Å². The quantitative estimate of drug-likeness (QED) is 0.371. The number of amides is 1. The Balaban J connectivity index is 2.00. The number of para-hydroxylation sites is 1. The number of primary amides is 1. The third-order valence-corrected chi connectivity index (χ3v) is 5.77. The molecule has 0 aliphatic rings. The first-order chi connectivity index (χ1) is 11.5. The summed E-state index contributed by atoms with van der Waals surface area (Å²) >= 11 is 11.7. The average molecular weight is 533 g/mol. The molecule has 0 radical (unpaired) electrons. The maximum absolute atomic E-state index is 11.8. The summed E-state index contributed by atoms with van der Waals surface area (Å²) in [5, 5.41) is 4.65. The summed E-state index contributed by atoms with van der Waals surface area (Å²) in [6.07, 6.45) is 0. The highest BCUT2D eigenvalue weighted by atomic mass is 79.9. The van der Waals surface area contributed by atoms with Gasteiger partial charge in [0.25, 0.3) is 5.91 Å². The topological polar surface area (TPSA) is 80.4 Å². The van der Waals surface area contributed by atoms with Crippen LogP contribution in [-0.4, -0.2) is 16.6 Å². The van der Waals surface area contributed by atoms with Crippen LogP contribution in [0.2, 0.25) is 0 Å². The molecule has 1 aromatic heterocycles. The molecule has 0 unspecified atom stereocenters. The molecule has 0 atom stereocenters. The molecule has 122 valence electrons. The van der Waals surface area contributed by atoms with Crippen LogP contribution in [0.25, 0.3) is 10.2 Å². The Morgan fingerprint density at radius 2 is 1.83 bits per heavy atom. The molecular formula is C15H9Br3N4OS. The summed E-state index contributed by atoms with van der Waals surface area (Å²) in [6, 6.07) is 11.4. The second kappa shape index (κ2) is 7.30. The summed E-state index contributed by atoms with van der Waals surface area (Å²) in [6.45, 7) is 0. The van der Waals surface area contributed by atoms with Crippen LogP contribution in [0, 0.1) is 0 Å². The van der Waals surface area contributed by atoms with Crippen LogP contribution in [0.15, 0.2) is 54.9 Å². The molecule has 0 aliphatic heterocycles. The highest BCUT2D eigenvalue weighted by Gasteiger charge is 2.17. The first-order valence-corrected chi connectivity index (χ1v) is 9.79. The van der Waals surface area contributed by atoms with Crippen LogP contribution in [0.5, 0.6) is 0 Å². The highest BCUT2D eigenvalue weighted by Crippen LogP contribution is 2.34. The maximum atomic E-state index is 11.8. The van der Waals surface area contributed by atoms with Gasteiger partial charge in [0.1, 0.15) is 0 Å². The molecule has 3 aromatic rings. The predicted octanol–water partition coefficient (Wildman–Crippen LogP) is 4.89. The molecule has 0 saturated carbocycles. The molecule has 3 rings (SSSR count). The molecule has 24 heavy (non-hydrogen) atoms. The molecule has 0 aliphatic carbocycles. The number of hydrazone groups is 1. The number of rotatable bonds is 4. The van der Waals surface area contributed by atoms with Gasteiger partial charge in [-0.3, -0.25) is 10.2 Å². The van der Waals surface area contributed by atoms with Crippen LogP contribution in [0.3, 0.4) is 0 Å². The van der Waals surface area contributed by atoms with Crippen molar-refractivity contribution in [2.75, 3.05) is 5.43 Å². The predicted molar refractivity (Wildman–Crippen MR) is 109 cm³/mol. The zero-order valence-electron chi connectivity index (χ0n) is 11.9. The molecule has 1 amide bonds. The minimum Gasteiger partial charge on any atom is -0.364 e. The van der Waals surface area contributed by atoms with Gasteiger partial charge in [0.2, 0.25) is 0 Å². The van der Waals surface area contributed by atoms with E-state index >= 15 is 0 Å².